The predicted molar refractivity (Wildman–Crippen MR) is 90.8 cm³/mol. The number of hydrazone groups is 1. The van der Waals surface area contributed by atoms with Crippen LogP contribution in [-0.2, 0) is 6.18 Å². The highest BCUT2D eigenvalue weighted by molar-refractivity contribution is 6.33. The molecule has 0 radical (unpaired) electrons. The number of nitrogens with zero attached hydrogens (tertiary/aromatic N) is 3. The lowest BCUT2D eigenvalue weighted by atomic mass is 10.1. The van der Waals surface area contributed by atoms with Crippen LogP contribution in [0.25, 0.3) is 11.3 Å². The van der Waals surface area contributed by atoms with Gasteiger partial charge >= 0.3 is 6.18 Å². The van der Waals surface area contributed by atoms with Crippen LogP contribution in [0.15, 0.2) is 39.9 Å². The van der Waals surface area contributed by atoms with Crippen LogP contribution in [0.5, 0.6) is 0 Å². The van der Waals surface area contributed by atoms with E-state index in [4.69, 9.17) is 16.0 Å². The molecule has 1 aromatic heterocycles. The maximum absolute atomic E-state index is 12.9. The van der Waals surface area contributed by atoms with Crippen molar-refractivity contribution >= 4 is 17.8 Å². The van der Waals surface area contributed by atoms with E-state index in [9.17, 15) is 13.2 Å². The van der Waals surface area contributed by atoms with E-state index in [0.29, 0.717) is 5.76 Å². The van der Waals surface area contributed by atoms with Crippen molar-refractivity contribution in [1.29, 1.82) is 0 Å². The van der Waals surface area contributed by atoms with E-state index in [0.717, 1.165) is 38.3 Å². The molecule has 0 amide bonds. The van der Waals surface area contributed by atoms with E-state index in [2.05, 4.69) is 17.0 Å². The second kappa shape index (κ2) is 7.09. The molecule has 2 heterocycles. The molecule has 1 aromatic carbocycles. The minimum Gasteiger partial charge on any atom is -0.455 e. The summed E-state index contributed by atoms with van der Waals surface area (Å²) in [5.41, 5.74) is -0.563. The molecule has 4 nitrogen and oxygen atoms in total. The zero-order valence-corrected chi connectivity index (χ0v) is 14.3. The molecule has 0 aliphatic carbocycles. The fourth-order valence-electron chi connectivity index (χ4n) is 2.51. The largest absolute Gasteiger partial charge is 0.455 e. The van der Waals surface area contributed by atoms with Crippen LogP contribution >= 0.6 is 11.6 Å². The van der Waals surface area contributed by atoms with E-state index in [1.54, 1.807) is 18.3 Å². The Morgan fingerprint density at radius 1 is 1.12 bits per heavy atom. The highest BCUT2D eigenvalue weighted by Gasteiger charge is 2.31. The lowest BCUT2D eigenvalue weighted by Gasteiger charge is -2.30. The van der Waals surface area contributed by atoms with Crippen molar-refractivity contribution in [2.75, 3.05) is 33.2 Å². The summed E-state index contributed by atoms with van der Waals surface area (Å²) in [5, 5.41) is 6.48. The Labute approximate surface area is 148 Å². The van der Waals surface area contributed by atoms with Crippen molar-refractivity contribution in [1.82, 2.24) is 9.91 Å². The Balaban J connectivity index is 1.77. The van der Waals surface area contributed by atoms with Crippen molar-refractivity contribution < 1.29 is 17.6 Å². The van der Waals surface area contributed by atoms with E-state index < -0.39 is 11.7 Å². The standard InChI is InChI=1S/C17H17ClF3N3O/c1-23-6-8-24(9-7-23)22-11-13-3-5-16(25-13)14-10-12(17(19,20)21)2-4-15(14)18/h2-5,10-11H,6-9H2,1H3. The number of hydrogen-bond donors (Lipinski definition) is 0. The van der Waals surface area contributed by atoms with E-state index in [1.807, 2.05) is 5.01 Å². The van der Waals surface area contributed by atoms with Gasteiger partial charge in [-0.05, 0) is 37.4 Å². The SMILES string of the molecule is CN1CCN(N=Cc2ccc(-c3cc(C(F)(F)F)ccc3Cl)o2)CC1. The molecular weight excluding hydrogens is 355 g/mol. The molecule has 0 bridgehead atoms. The van der Waals surface area contributed by atoms with Gasteiger partial charge in [0.05, 0.1) is 16.8 Å². The number of rotatable bonds is 3. The van der Waals surface area contributed by atoms with Crippen molar-refractivity contribution in [2.45, 2.75) is 6.18 Å². The summed E-state index contributed by atoms with van der Waals surface area (Å²) >= 11 is 6.03. The first-order chi connectivity index (χ1) is 11.8. The molecule has 1 saturated heterocycles. The maximum atomic E-state index is 12.9. The van der Waals surface area contributed by atoms with Gasteiger partial charge in [-0.1, -0.05) is 11.6 Å². The number of halogens is 4. The molecule has 0 unspecified atom stereocenters. The van der Waals surface area contributed by atoms with Crippen molar-refractivity contribution in [3.63, 3.8) is 0 Å². The maximum Gasteiger partial charge on any atom is 0.416 e. The molecule has 0 N–H and O–H groups in total. The highest BCUT2D eigenvalue weighted by Crippen LogP contribution is 2.36. The van der Waals surface area contributed by atoms with E-state index in [1.165, 1.54) is 6.07 Å². The van der Waals surface area contributed by atoms with E-state index >= 15 is 0 Å². The van der Waals surface area contributed by atoms with Gasteiger partial charge < -0.3 is 9.32 Å². The topological polar surface area (TPSA) is 32.0 Å². The van der Waals surface area contributed by atoms with Gasteiger partial charge in [0, 0.05) is 31.7 Å². The van der Waals surface area contributed by atoms with Crippen molar-refractivity contribution in [3.05, 3.63) is 46.7 Å². The average molecular weight is 372 g/mol. The number of alkyl halides is 3. The van der Waals surface area contributed by atoms with Gasteiger partial charge in [-0.2, -0.15) is 18.3 Å². The molecule has 1 aliphatic heterocycles. The number of furan rings is 1. The average Bonchev–Trinajstić information content (AvgIpc) is 3.02. The van der Waals surface area contributed by atoms with Crippen LogP contribution in [0, 0.1) is 0 Å². The van der Waals surface area contributed by atoms with Crippen LogP contribution in [-0.4, -0.2) is 49.4 Å². The third-order valence-electron chi connectivity index (χ3n) is 4.01. The van der Waals surface area contributed by atoms with Crippen LogP contribution in [0.4, 0.5) is 13.2 Å². The first-order valence-electron chi connectivity index (χ1n) is 7.77. The molecule has 3 rings (SSSR count). The Bertz CT molecular complexity index is 765. The van der Waals surface area contributed by atoms with Crippen LogP contribution in [0.1, 0.15) is 11.3 Å². The number of benzene rings is 1. The summed E-state index contributed by atoms with van der Waals surface area (Å²) < 4.78 is 44.2. The van der Waals surface area contributed by atoms with Gasteiger partial charge in [-0.15, -0.1) is 0 Å². The Morgan fingerprint density at radius 2 is 1.84 bits per heavy atom. The molecule has 25 heavy (non-hydrogen) atoms. The molecule has 0 saturated carbocycles. The summed E-state index contributed by atoms with van der Waals surface area (Å²) in [4.78, 5) is 2.21. The molecule has 0 spiro atoms. The smallest absolute Gasteiger partial charge is 0.416 e. The molecule has 0 atom stereocenters. The van der Waals surface area contributed by atoms with Gasteiger partial charge in [0.25, 0.3) is 0 Å². The summed E-state index contributed by atoms with van der Waals surface area (Å²) in [5.74, 6) is 0.735. The minimum atomic E-state index is -4.43. The van der Waals surface area contributed by atoms with Gasteiger partial charge in [-0.3, -0.25) is 5.01 Å². The lowest BCUT2D eigenvalue weighted by molar-refractivity contribution is -0.137. The fourth-order valence-corrected chi connectivity index (χ4v) is 2.72. The van der Waals surface area contributed by atoms with Crippen molar-refractivity contribution in [3.8, 4) is 11.3 Å². The summed E-state index contributed by atoms with van der Waals surface area (Å²) in [7, 11) is 2.05. The summed E-state index contributed by atoms with van der Waals surface area (Å²) in [6, 6.07) is 6.41. The number of piperazine rings is 1. The quantitative estimate of drug-likeness (QED) is 0.758. The fraction of sp³-hybridized carbons (Fsp3) is 0.353. The van der Waals surface area contributed by atoms with Gasteiger partial charge in [0.1, 0.15) is 11.5 Å². The predicted octanol–water partition coefficient (Wildman–Crippen LogP) is 4.20. The van der Waals surface area contributed by atoms with Gasteiger partial charge in [0.15, 0.2) is 0 Å². The van der Waals surface area contributed by atoms with Gasteiger partial charge in [0.2, 0.25) is 0 Å². The molecule has 8 heteroatoms. The number of hydrogen-bond acceptors (Lipinski definition) is 4. The zero-order valence-electron chi connectivity index (χ0n) is 13.6. The molecule has 134 valence electrons. The second-order valence-corrected chi connectivity index (χ2v) is 6.30. The van der Waals surface area contributed by atoms with Crippen LogP contribution in [0.3, 0.4) is 0 Å². The van der Waals surface area contributed by atoms with Crippen molar-refractivity contribution in [2.24, 2.45) is 5.10 Å². The van der Waals surface area contributed by atoms with Crippen LogP contribution < -0.4 is 0 Å². The Kier molecular flexibility index (Phi) is 5.06. The van der Waals surface area contributed by atoms with Gasteiger partial charge in [-0.25, -0.2) is 0 Å². The first-order valence-corrected chi connectivity index (χ1v) is 8.15. The number of likely N-dealkylation sites (N-methyl/N-ethyl adjacent to an activating group) is 1. The third kappa shape index (κ3) is 4.35. The first kappa shape index (κ1) is 17.8. The molecular formula is C17H17ClF3N3O. The zero-order chi connectivity index (χ0) is 18.0. The Hall–Kier alpha value is -1.99. The second-order valence-electron chi connectivity index (χ2n) is 5.90. The molecule has 1 fully saturated rings. The Morgan fingerprint density at radius 3 is 2.52 bits per heavy atom. The third-order valence-corrected chi connectivity index (χ3v) is 4.34. The molecule has 1 aliphatic rings. The van der Waals surface area contributed by atoms with E-state index in [-0.39, 0.29) is 16.3 Å². The highest BCUT2D eigenvalue weighted by atomic mass is 35.5. The molecule has 2 aromatic rings. The lowest BCUT2D eigenvalue weighted by Crippen LogP contribution is -2.41. The summed E-state index contributed by atoms with van der Waals surface area (Å²) in [6.07, 6.45) is -2.87. The normalized spacial score (nSPS) is 16.8. The van der Waals surface area contributed by atoms with Crippen LogP contribution in [0.2, 0.25) is 5.02 Å². The monoisotopic (exact) mass is 371 g/mol. The summed E-state index contributed by atoms with van der Waals surface area (Å²) in [6.45, 7) is 3.50. The minimum absolute atomic E-state index is 0.199.